The second-order valence-corrected chi connectivity index (χ2v) is 4.12. The van der Waals surface area contributed by atoms with Gasteiger partial charge in [-0.15, -0.1) is 0 Å². The number of anilines is 1. The molecular weight excluding hydrogens is 205 g/mol. The summed E-state index contributed by atoms with van der Waals surface area (Å²) >= 11 is 0. The van der Waals surface area contributed by atoms with Gasteiger partial charge in [-0.05, 0) is 31.9 Å². The molecule has 0 unspecified atom stereocenters. The SMILES string of the molecule is CC1(Nc2ccc(C(F)(F)F)cn2)CC1. The summed E-state index contributed by atoms with van der Waals surface area (Å²) < 4.78 is 36.6. The molecule has 1 aromatic rings. The maximum atomic E-state index is 12.2. The van der Waals surface area contributed by atoms with Gasteiger partial charge in [-0.3, -0.25) is 0 Å². The molecule has 1 aliphatic carbocycles. The standard InChI is InChI=1S/C10H11F3N2/c1-9(4-5-9)15-8-3-2-7(6-14-8)10(11,12)13/h2-3,6H,4-5H2,1H3,(H,14,15). The van der Waals surface area contributed by atoms with E-state index in [0.29, 0.717) is 5.82 Å². The minimum absolute atomic E-state index is 0.0345. The van der Waals surface area contributed by atoms with Crippen molar-refractivity contribution < 1.29 is 13.2 Å². The van der Waals surface area contributed by atoms with E-state index in [1.54, 1.807) is 0 Å². The van der Waals surface area contributed by atoms with Crippen molar-refractivity contribution in [3.8, 4) is 0 Å². The lowest BCUT2D eigenvalue weighted by Crippen LogP contribution is -2.17. The van der Waals surface area contributed by atoms with Crippen molar-refractivity contribution in [3.05, 3.63) is 23.9 Å². The van der Waals surface area contributed by atoms with Gasteiger partial charge in [-0.25, -0.2) is 4.98 Å². The number of pyridine rings is 1. The van der Waals surface area contributed by atoms with Crippen molar-refractivity contribution in [2.45, 2.75) is 31.5 Å². The second kappa shape index (κ2) is 3.12. The fourth-order valence-corrected chi connectivity index (χ4v) is 1.26. The van der Waals surface area contributed by atoms with Crippen LogP contribution in [0, 0.1) is 0 Å². The Kier molecular flexibility index (Phi) is 2.13. The lowest BCUT2D eigenvalue weighted by atomic mass is 10.2. The molecule has 0 atom stereocenters. The monoisotopic (exact) mass is 216 g/mol. The van der Waals surface area contributed by atoms with Gasteiger partial charge in [-0.2, -0.15) is 13.2 Å². The van der Waals surface area contributed by atoms with Gasteiger partial charge in [0, 0.05) is 11.7 Å². The normalized spacial score (nSPS) is 18.7. The maximum Gasteiger partial charge on any atom is 0.417 e. The average molecular weight is 216 g/mol. The molecule has 0 aliphatic heterocycles. The van der Waals surface area contributed by atoms with E-state index in [9.17, 15) is 13.2 Å². The van der Waals surface area contributed by atoms with Crippen molar-refractivity contribution >= 4 is 5.82 Å². The van der Waals surface area contributed by atoms with E-state index >= 15 is 0 Å². The summed E-state index contributed by atoms with van der Waals surface area (Å²) in [5.74, 6) is 0.503. The maximum absolute atomic E-state index is 12.2. The molecule has 0 bridgehead atoms. The van der Waals surface area contributed by atoms with Crippen LogP contribution in [0.25, 0.3) is 0 Å². The van der Waals surface area contributed by atoms with Crippen molar-refractivity contribution in [2.75, 3.05) is 5.32 Å². The highest BCUT2D eigenvalue weighted by atomic mass is 19.4. The third kappa shape index (κ3) is 2.40. The lowest BCUT2D eigenvalue weighted by molar-refractivity contribution is -0.137. The van der Waals surface area contributed by atoms with Gasteiger partial charge >= 0.3 is 6.18 Å². The van der Waals surface area contributed by atoms with Gasteiger partial charge in [0.05, 0.1) is 5.56 Å². The number of hydrogen-bond acceptors (Lipinski definition) is 2. The van der Waals surface area contributed by atoms with E-state index in [1.165, 1.54) is 6.07 Å². The quantitative estimate of drug-likeness (QED) is 0.821. The number of nitrogens with zero attached hydrogens (tertiary/aromatic N) is 1. The molecule has 5 heteroatoms. The summed E-state index contributed by atoms with van der Waals surface area (Å²) in [4.78, 5) is 3.74. The predicted octanol–water partition coefficient (Wildman–Crippen LogP) is 3.06. The summed E-state index contributed by atoms with van der Waals surface area (Å²) in [5.41, 5.74) is -0.679. The Morgan fingerprint density at radius 1 is 1.33 bits per heavy atom. The summed E-state index contributed by atoms with van der Waals surface area (Å²) in [7, 11) is 0. The van der Waals surface area contributed by atoms with Crippen LogP contribution in [0.3, 0.4) is 0 Å². The van der Waals surface area contributed by atoms with Crippen LogP contribution in [0.5, 0.6) is 0 Å². The minimum Gasteiger partial charge on any atom is -0.365 e. The van der Waals surface area contributed by atoms with Crippen LogP contribution in [0.4, 0.5) is 19.0 Å². The third-order valence-corrected chi connectivity index (χ3v) is 2.52. The van der Waals surface area contributed by atoms with E-state index in [2.05, 4.69) is 10.3 Å². The van der Waals surface area contributed by atoms with Crippen LogP contribution < -0.4 is 5.32 Å². The zero-order valence-corrected chi connectivity index (χ0v) is 8.23. The topological polar surface area (TPSA) is 24.9 Å². The molecule has 1 fully saturated rings. The summed E-state index contributed by atoms with van der Waals surface area (Å²) in [5, 5.41) is 3.09. The van der Waals surface area contributed by atoms with Gasteiger partial charge in [-0.1, -0.05) is 0 Å². The Balaban J connectivity index is 2.10. The van der Waals surface area contributed by atoms with Gasteiger partial charge in [0.25, 0.3) is 0 Å². The van der Waals surface area contributed by atoms with Crippen LogP contribution in [-0.2, 0) is 6.18 Å². The van der Waals surface area contributed by atoms with E-state index in [4.69, 9.17) is 0 Å². The molecule has 82 valence electrons. The molecule has 0 radical (unpaired) electrons. The van der Waals surface area contributed by atoms with Crippen LogP contribution in [0.2, 0.25) is 0 Å². The first kappa shape index (κ1) is 10.3. The van der Waals surface area contributed by atoms with Crippen LogP contribution >= 0.6 is 0 Å². The van der Waals surface area contributed by atoms with Gasteiger partial charge in [0.1, 0.15) is 5.82 Å². The van der Waals surface area contributed by atoms with E-state index in [0.717, 1.165) is 25.1 Å². The highest BCUT2D eigenvalue weighted by molar-refractivity contribution is 5.40. The molecule has 1 aromatic heterocycles. The largest absolute Gasteiger partial charge is 0.417 e. The Labute approximate surface area is 85.5 Å². The Morgan fingerprint density at radius 3 is 2.40 bits per heavy atom. The fraction of sp³-hybridized carbons (Fsp3) is 0.500. The molecule has 0 spiro atoms. The smallest absolute Gasteiger partial charge is 0.365 e. The molecule has 1 saturated carbocycles. The minimum atomic E-state index is -4.31. The number of halogens is 3. The lowest BCUT2D eigenvalue weighted by Gasteiger charge is -2.12. The summed E-state index contributed by atoms with van der Waals surface area (Å²) in [6.07, 6.45) is -1.38. The van der Waals surface area contributed by atoms with Crippen LogP contribution in [0.1, 0.15) is 25.3 Å². The number of hydrogen-bond donors (Lipinski definition) is 1. The molecule has 1 heterocycles. The highest BCUT2D eigenvalue weighted by Crippen LogP contribution is 2.38. The molecule has 2 nitrogen and oxygen atoms in total. The molecule has 0 aromatic carbocycles. The zero-order valence-electron chi connectivity index (χ0n) is 8.23. The van der Waals surface area contributed by atoms with Gasteiger partial charge < -0.3 is 5.32 Å². The summed E-state index contributed by atoms with van der Waals surface area (Å²) in [6, 6.07) is 2.41. The van der Waals surface area contributed by atoms with Gasteiger partial charge in [0.15, 0.2) is 0 Å². The predicted molar refractivity (Wildman–Crippen MR) is 50.5 cm³/mol. The molecule has 1 N–H and O–H groups in total. The van der Waals surface area contributed by atoms with Crippen molar-refractivity contribution in [1.82, 2.24) is 4.98 Å². The molecule has 0 saturated heterocycles. The third-order valence-electron chi connectivity index (χ3n) is 2.52. The van der Waals surface area contributed by atoms with Crippen molar-refractivity contribution in [2.24, 2.45) is 0 Å². The van der Waals surface area contributed by atoms with Gasteiger partial charge in [0.2, 0.25) is 0 Å². The van der Waals surface area contributed by atoms with Crippen molar-refractivity contribution in [3.63, 3.8) is 0 Å². The van der Waals surface area contributed by atoms with E-state index < -0.39 is 11.7 Å². The molecular formula is C10H11F3N2. The van der Waals surface area contributed by atoms with Crippen LogP contribution in [-0.4, -0.2) is 10.5 Å². The first-order valence-corrected chi connectivity index (χ1v) is 4.71. The average Bonchev–Trinajstić information content (AvgIpc) is 2.82. The fourth-order valence-electron chi connectivity index (χ4n) is 1.26. The molecule has 0 amide bonds. The number of aromatic nitrogens is 1. The Hall–Kier alpha value is -1.26. The highest BCUT2D eigenvalue weighted by Gasteiger charge is 2.37. The van der Waals surface area contributed by atoms with Crippen molar-refractivity contribution in [1.29, 1.82) is 0 Å². The summed E-state index contributed by atoms with van der Waals surface area (Å²) in [6.45, 7) is 2.02. The Morgan fingerprint density at radius 2 is 2.00 bits per heavy atom. The number of nitrogens with one attached hydrogen (secondary N) is 1. The van der Waals surface area contributed by atoms with E-state index in [1.807, 2.05) is 6.92 Å². The first-order chi connectivity index (χ1) is 6.89. The number of rotatable bonds is 2. The van der Waals surface area contributed by atoms with E-state index in [-0.39, 0.29) is 5.54 Å². The molecule has 1 aliphatic rings. The van der Waals surface area contributed by atoms with Crippen LogP contribution in [0.15, 0.2) is 18.3 Å². The molecule has 15 heavy (non-hydrogen) atoms. The number of alkyl halides is 3. The zero-order chi connectivity index (χ0) is 11.1. The molecule has 2 rings (SSSR count). The Bertz CT molecular complexity index is 352. The first-order valence-electron chi connectivity index (χ1n) is 4.71. The second-order valence-electron chi connectivity index (χ2n) is 4.12.